The SMILES string of the molecule is CN1[C@H]2CC[C@@H]1[C@H](OC(=O)[C@@](O)(c1ccccc1)c1cccs1)CC2. The Balaban J connectivity index is 1.63. The molecule has 2 aliphatic heterocycles. The number of carbonyl (C=O) groups is 1. The molecule has 25 heavy (non-hydrogen) atoms. The predicted molar refractivity (Wildman–Crippen MR) is 97.4 cm³/mol. The van der Waals surface area contributed by atoms with Gasteiger partial charge in [-0.15, -0.1) is 11.3 Å². The lowest BCUT2D eigenvalue weighted by Crippen LogP contribution is -2.49. The van der Waals surface area contributed by atoms with Crippen molar-refractivity contribution >= 4 is 17.3 Å². The summed E-state index contributed by atoms with van der Waals surface area (Å²) >= 11 is 1.37. The maximum absolute atomic E-state index is 13.1. The number of ether oxygens (including phenoxy) is 1. The second-order valence-electron chi connectivity index (χ2n) is 7.04. The van der Waals surface area contributed by atoms with Crippen molar-refractivity contribution in [2.45, 2.75) is 49.5 Å². The zero-order valence-corrected chi connectivity index (χ0v) is 15.1. The summed E-state index contributed by atoms with van der Waals surface area (Å²) in [6, 6.07) is 13.6. The minimum atomic E-state index is -1.75. The van der Waals surface area contributed by atoms with Gasteiger partial charge in [-0.25, -0.2) is 4.79 Å². The van der Waals surface area contributed by atoms with Crippen LogP contribution in [0.15, 0.2) is 47.8 Å². The molecule has 0 unspecified atom stereocenters. The lowest BCUT2D eigenvalue weighted by atomic mass is 9.91. The van der Waals surface area contributed by atoms with Crippen molar-refractivity contribution in [2.75, 3.05) is 7.05 Å². The average Bonchev–Trinajstić information content (AvgIpc) is 3.24. The zero-order chi connectivity index (χ0) is 17.4. The fraction of sp³-hybridized carbons (Fsp3) is 0.450. The normalized spacial score (nSPS) is 28.5. The van der Waals surface area contributed by atoms with Crippen LogP contribution in [0.25, 0.3) is 0 Å². The predicted octanol–water partition coefficient (Wildman–Crippen LogP) is 3.15. The Morgan fingerprint density at radius 2 is 1.92 bits per heavy atom. The highest BCUT2D eigenvalue weighted by Crippen LogP contribution is 2.39. The number of esters is 1. The second-order valence-corrected chi connectivity index (χ2v) is 7.99. The van der Waals surface area contributed by atoms with E-state index >= 15 is 0 Å². The molecule has 5 heteroatoms. The van der Waals surface area contributed by atoms with Gasteiger partial charge in [-0.2, -0.15) is 0 Å². The van der Waals surface area contributed by atoms with E-state index < -0.39 is 11.6 Å². The molecule has 2 fully saturated rings. The maximum Gasteiger partial charge on any atom is 0.348 e. The molecule has 4 nitrogen and oxygen atoms in total. The third-order valence-corrected chi connectivity index (χ3v) is 6.71. The summed E-state index contributed by atoms with van der Waals surface area (Å²) in [5.74, 6) is -0.565. The zero-order valence-electron chi connectivity index (χ0n) is 14.3. The van der Waals surface area contributed by atoms with Crippen molar-refractivity contribution in [3.63, 3.8) is 0 Å². The van der Waals surface area contributed by atoms with Crippen molar-refractivity contribution in [2.24, 2.45) is 0 Å². The van der Waals surface area contributed by atoms with Gasteiger partial charge in [0.15, 0.2) is 0 Å². The molecule has 2 aromatic rings. The van der Waals surface area contributed by atoms with E-state index in [4.69, 9.17) is 4.74 Å². The van der Waals surface area contributed by atoms with E-state index in [1.807, 2.05) is 29.6 Å². The van der Waals surface area contributed by atoms with Crippen LogP contribution in [-0.2, 0) is 15.1 Å². The average molecular weight is 357 g/mol. The van der Waals surface area contributed by atoms with Crippen molar-refractivity contribution in [3.05, 3.63) is 58.3 Å². The summed E-state index contributed by atoms with van der Waals surface area (Å²) in [5.41, 5.74) is -1.19. The lowest BCUT2D eigenvalue weighted by Gasteiger charge is -2.38. The van der Waals surface area contributed by atoms with Crippen LogP contribution in [0.1, 0.15) is 36.1 Å². The van der Waals surface area contributed by atoms with Gasteiger partial charge in [-0.05, 0) is 44.2 Å². The molecule has 2 bridgehead atoms. The summed E-state index contributed by atoms with van der Waals surface area (Å²) in [7, 11) is 2.12. The Morgan fingerprint density at radius 1 is 1.16 bits per heavy atom. The first kappa shape index (κ1) is 16.8. The summed E-state index contributed by atoms with van der Waals surface area (Å²) in [6.45, 7) is 0. The molecule has 0 spiro atoms. The number of nitrogens with zero attached hydrogens (tertiary/aromatic N) is 1. The summed E-state index contributed by atoms with van der Waals surface area (Å²) in [4.78, 5) is 16.1. The van der Waals surface area contributed by atoms with E-state index in [1.165, 1.54) is 17.8 Å². The third-order valence-electron chi connectivity index (χ3n) is 5.73. The molecular weight excluding hydrogens is 334 g/mol. The smallest absolute Gasteiger partial charge is 0.348 e. The molecule has 3 heterocycles. The van der Waals surface area contributed by atoms with Gasteiger partial charge in [0.1, 0.15) is 6.10 Å². The van der Waals surface area contributed by atoms with Crippen LogP contribution in [-0.4, -0.2) is 41.2 Å². The van der Waals surface area contributed by atoms with Gasteiger partial charge in [0.05, 0.1) is 4.88 Å². The Bertz CT molecular complexity index is 733. The Hall–Kier alpha value is -1.69. The molecular formula is C20H23NO3S. The molecule has 4 atom stereocenters. The number of piperidine rings is 1. The number of hydrogen-bond donors (Lipinski definition) is 1. The standard InChI is InChI=1S/C20H23NO3S/c1-21-15-9-11-16(21)17(12-10-15)24-19(22)20(23,18-8-5-13-25-18)14-6-3-2-4-7-14/h2-8,13,15-17,23H,9-12H2,1H3/t15-,16+,17+,20+/m0/s1. The second kappa shape index (κ2) is 6.56. The van der Waals surface area contributed by atoms with Crippen LogP contribution in [0.4, 0.5) is 0 Å². The van der Waals surface area contributed by atoms with Gasteiger partial charge in [-0.1, -0.05) is 36.4 Å². The molecule has 2 saturated heterocycles. The van der Waals surface area contributed by atoms with Gasteiger partial charge in [0.2, 0.25) is 5.60 Å². The van der Waals surface area contributed by atoms with Crippen molar-refractivity contribution < 1.29 is 14.6 Å². The van der Waals surface area contributed by atoms with E-state index in [1.54, 1.807) is 18.2 Å². The van der Waals surface area contributed by atoms with Gasteiger partial charge < -0.3 is 9.84 Å². The highest BCUT2D eigenvalue weighted by molar-refractivity contribution is 7.10. The number of thiophene rings is 1. The van der Waals surface area contributed by atoms with Gasteiger partial charge in [-0.3, -0.25) is 4.90 Å². The Labute approximate surface area is 152 Å². The van der Waals surface area contributed by atoms with Crippen LogP contribution in [0.2, 0.25) is 0 Å². The molecule has 0 radical (unpaired) electrons. The molecule has 1 aromatic heterocycles. The van der Waals surface area contributed by atoms with E-state index in [2.05, 4.69) is 11.9 Å². The fourth-order valence-corrected chi connectivity index (χ4v) is 5.10. The lowest BCUT2D eigenvalue weighted by molar-refractivity contribution is -0.172. The molecule has 0 aliphatic carbocycles. The molecule has 0 saturated carbocycles. The molecule has 2 aliphatic rings. The van der Waals surface area contributed by atoms with Crippen LogP contribution in [0.3, 0.4) is 0 Å². The van der Waals surface area contributed by atoms with Gasteiger partial charge >= 0.3 is 5.97 Å². The van der Waals surface area contributed by atoms with Gasteiger partial charge in [0, 0.05) is 17.6 Å². The minimum absolute atomic E-state index is 0.147. The van der Waals surface area contributed by atoms with E-state index in [0.717, 1.165) is 19.3 Å². The largest absolute Gasteiger partial charge is 0.458 e. The number of carbonyl (C=O) groups excluding carboxylic acids is 1. The van der Waals surface area contributed by atoms with E-state index in [0.29, 0.717) is 16.5 Å². The topological polar surface area (TPSA) is 49.8 Å². The summed E-state index contributed by atoms with van der Waals surface area (Å²) < 4.78 is 5.91. The minimum Gasteiger partial charge on any atom is -0.458 e. The number of benzene rings is 1. The molecule has 4 rings (SSSR count). The number of rotatable bonds is 4. The molecule has 0 amide bonds. The van der Waals surface area contributed by atoms with Crippen molar-refractivity contribution in [3.8, 4) is 0 Å². The number of aliphatic hydroxyl groups is 1. The quantitative estimate of drug-likeness (QED) is 0.854. The first-order valence-electron chi connectivity index (χ1n) is 8.85. The Kier molecular flexibility index (Phi) is 4.40. The highest BCUT2D eigenvalue weighted by Gasteiger charge is 2.47. The van der Waals surface area contributed by atoms with Gasteiger partial charge in [0.25, 0.3) is 0 Å². The number of fused-ring (bicyclic) bond motifs is 2. The van der Waals surface area contributed by atoms with E-state index in [-0.39, 0.29) is 12.1 Å². The number of likely N-dealkylation sites (N-methyl/N-ethyl adjacent to an activating group) is 1. The fourth-order valence-electron chi connectivity index (χ4n) is 4.27. The third kappa shape index (κ3) is 2.80. The first-order chi connectivity index (χ1) is 12.1. The van der Waals surface area contributed by atoms with Crippen LogP contribution < -0.4 is 0 Å². The molecule has 132 valence electrons. The van der Waals surface area contributed by atoms with Crippen LogP contribution >= 0.6 is 11.3 Å². The summed E-state index contributed by atoms with van der Waals surface area (Å²) in [6.07, 6.45) is 4.01. The van der Waals surface area contributed by atoms with Crippen molar-refractivity contribution in [1.82, 2.24) is 4.90 Å². The summed E-state index contributed by atoms with van der Waals surface area (Å²) in [5, 5.41) is 13.3. The monoisotopic (exact) mass is 357 g/mol. The van der Waals surface area contributed by atoms with Crippen molar-refractivity contribution in [1.29, 1.82) is 0 Å². The number of hydrogen-bond acceptors (Lipinski definition) is 5. The molecule has 1 aromatic carbocycles. The van der Waals surface area contributed by atoms with Crippen LogP contribution in [0.5, 0.6) is 0 Å². The highest BCUT2D eigenvalue weighted by atomic mass is 32.1. The van der Waals surface area contributed by atoms with Crippen LogP contribution in [0, 0.1) is 0 Å². The Morgan fingerprint density at radius 3 is 2.64 bits per heavy atom. The van der Waals surface area contributed by atoms with E-state index in [9.17, 15) is 9.90 Å². The maximum atomic E-state index is 13.1. The molecule has 1 N–H and O–H groups in total. The first-order valence-corrected chi connectivity index (χ1v) is 9.73.